The van der Waals surface area contributed by atoms with E-state index in [1.54, 1.807) is 4.57 Å². The number of cyclic esters (lactones) is 2. The number of carbonyl (C=O) groups is 1. The normalized spacial score (nSPS) is 24.4. The highest BCUT2D eigenvalue weighted by Gasteiger charge is 2.36. The number of ether oxygens (including phenoxy) is 2. The van der Waals surface area contributed by atoms with E-state index in [2.05, 4.69) is 0 Å². The highest BCUT2D eigenvalue weighted by Crippen LogP contribution is 2.31. The van der Waals surface area contributed by atoms with Gasteiger partial charge < -0.3 is 14.0 Å². The van der Waals surface area contributed by atoms with Crippen molar-refractivity contribution in [2.45, 2.75) is 11.8 Å². The molecule has 1 aromatic heterocycles. The molecule has 16 heavy (non-hydrogen) atoms. The van der Waals surface area contributed by atoms with Gasteiger partial charge in [0.15, 0.2) is 0 Å². The number of hydrogen-bond donors (Lipinski definition) is 0. The number of aromatic nitrogens is 1. The van der Waals surface area contributed by atoms with E-state index >= 15 is 0 Å². The lowest BCUT2D eigenvalue weighted by molar-refractivity contribution is 0.0969. The van der Waals surface area contributed by atoms with Crippen molar-refractivity contribution in [3.63, 3.8) is 0 Å². The van der Waals surface area contributed by atoms with E-state index in [0.717, 1.165) is 10.9 Å². The average Bonchev–Trinajstić information content (AvgIpc) is 2.81. The minimum atomic E-state index is -0.789. The maximum atomic E-state index is 11.0. The van der Waals surface area contributed by atoms with Crippen molar-refractivity contribution in [2.24, 2.45) is 0 Å². The molecular formula is C11H8ClNO3. The van der Waals surface area contributed by atoms with Crippen LogP contribution >= 0.6 is 11.6 Å². The summed E-state index contributed by atoms with van der Waals surface area (Å²) in [4.78, 5) is 11.0. The van der Waals surface area contributed by atoms with Crippen LogP contribution in [0.25, 0.3) is 10.9 Å². The second-order valence-corrected chi connectivity index (χ2v) is 3.94. The van der Waals surface area contributed by atoms with Gasteiger partial charge in [-0.15, -0.1) is 0 Å². The highest BCUT2D eigenvalue weighted by molar-refractivity contribution is 6.20. The molecule has 0 aliphatic carbocycles. The second kappa shape index (κ2) is 3.42. The van der Waals surface area contributed by atoms with E-state index in [4.69, 9.17) is 21.1 Å². The molecule has 82 valence electrons. The average molecular weight is 238 g/mol. The molecule has 1 aliphatic heterocycles. The Morgan fingerprint density at radius 2 is 2.00 bits per heavy atom. The number of para-hydroxylation sites is 1. The van der Waals surface area contributed by atoms with E-state index in [1.807, 2.05) is 36.5 Å². The zero-order valence-electron chi connectivity index (χ0n) is 8.17. The van der Waals surface area contributed by atoms with Gasteiger partial charge in [0, 0.05) is 6.20 Å². The summed E-state index contributed by atoms with van der Waals surface area (Å²) in [5.41, 5.74) is 0.166. The molecule has 0 saturated carbocycles. The fourth-order valence-electron chi connectivity index (χ4n) is 1.84. The predicted molar refractivity (Wildman–Crippen MR) is 58.2 cm³/mol. The van der Waals surface area contributed by atoms with E-state index < -0.39 is 17.9 Å². The standard InChI is InChI=1S/C11H8ClNO3/c12-9-10(16-11(14)15-9)13-6-5-7-3-1-2-4-8(7)13/h1-6,9-10H. The Morgan fingerprint density at radius 1 is 1.19 bits per heavy atom. The van der Waals surface area contributed by atoms with Crippen LogP contribution in [0, 0.1) is 0 Å². The zero-order chi connectivity index (χ0) is 11.1. The lowest BCUT2D eigenvalue weighted by Gasteiger charge is -2.12. The van der Waals surface area contributed by atoms with Gasteiger partial charge in [0.05, 0.1) is 5.52 Å². The summed E-state index contributed by atoms with van der Waals surface area (Å²) in [5.74, 6) is 0. The summed E-state index contributed by atoms with van der Waals surface area (Å²) < 4.78 is 11.5. The molecule has 2 unspecified atom stereocenters. The van der Waals surface area contributed by atoms with Crippen molar-refractivity contribution in [2.75, 3.05) is 0 Å². The Balaban J connectivity index is 2.09. The monoisotopic (exact) mass is 237 g/mol. The molecule has 2 aromatic rings. The summed E-state index contributed by atoms with van der Waals surface area (Å²) in [5, 5.41) is 1.06. The number of hydrogen-bond acceptors (Lipinski definition) is 3. The van der Waals surface area contributed by atoms with Crippen LogP contribution in [0.15, 0.2) is 36.5 Å². The molecule has 1 fully saturated rings. The van der Waals surface area contributed by atoms with Crippen molar-refractivity contribution in [3.05, 3.63) is 36.5 Å². The second-order valence-electron chi connectivity index (χ2n) is 3.51. The van der Waals surface area contributed by atoms with Crippen LogP contribution in [0.2, 0.25) is 0 Å². The summed E-state index contributed by atoms with van der Waals surface area (Å²) >= 11 is 5.88. The van der Waals surface area contributed by atoms with Crippen molar-refractivity contribution >= 4 is 28.7 Å². The predicted octanol–water partition coefficient (Wildman–Crippen LogP) is 2.87. The van der Waals surface area contributed by atoms with Gasteiger partial charge >= 0.3 is 6.16 Å². The first-order valence-corrected chi connectivity index (χ1v) is 5.26. The van der Waals surface area contributed by atoms with Gasteiger partial charge in [0.1, 0.15) is 0 Å². The van der Waals surface area contributed by atoms with Crippen molar-refractivity contribution in [1.29, 1.82) is 0 Å². The molecule has 0 spiro atoms. The van der Waals surface area contributed by atoms with Gasteiger partial charge in [-0.2, -0.15) is 0 Å². The van der Waals surface area contributed by atoms with Crippen LogP contribution in [0.3, 0.4) is 0 Å². The first-order chi connectivity index (χ1) is 7.75. The Labute approximate surface area is 96.3 Å². The first kappa shape index (κ1) is 9.54. The Kier molecular flexibility index (Phi) is 2.04. The van der Waals surface area contributed by atoms with Gasteiger partial charge in [-0.05, 0) is 17.5 Å². The van der Waals surface area contributed by atoms with E-state index in [9.17, 15) is 4.79 Å². The van der Waals surface area contributed by atoms with Crippen LogP contribution in [0.1, 0.15) is 6.23 Å². The number of halogens is 1. The Morgan fingerprint density at radius 3 is 2.75 bits per heavy atom. The molecule has 1 aromatic carbocycles. The molecular weight excluding hydrogens is 230 g/mol. The summed E-state index contributed by atoms with van der Waals surface area (Å²) in [6.07, 6.45) is 0.490. The number of fused-ring (bicyclic) bond motifs is 1. The van der Waals surface area contributed by atoms with Crippen LogP contribution < -0.4 is 0 Å². The lowest BCUT2D eigenvalue weighted by Crippen LogP contribution is -2.14. The molecule has 2 heterocycles. The third-order valence-electron chi connectivity index (χ3n) is 2.55. The van der Waals surface area contributed by atoms with Crippen LogP contribution in [-0.2, 0) is 9.47 Å². The summed E-state index contributed by atoms with van der Waals surface area (Å²) in [6.45, 7) is 0. The molecule has 1 saturated heterocycles. The van der Waals surface area contributed by atoms with Gasteiger partial charge in [-0.3, -0.25) is 0 Å². The number of alkyl halides is 1. The maximum Gasteiger partial charge on any atom is 0.512 e. The minimum absolute atomic E-state index is 0.603. The fraction of sp³-hybridized carbons (Fsp3) is 0.182. The van der Waals surface area contributed by atoms with Crippen LogP contribution in [-0.4, -0.2) is 16.3 Å². The molecule has 3 rings (SSSR count). The number of rotatable bonds is 1. The molecule has 0 amide bonds. The molecule has 1 aliphatic rings. The first-order valence-electron chi connectivity index (χ1n) is 4.82. The van der Waals surface area contributed by atoms with Gasteiger partial charge in [0.2, 0.25) is 11.8 Å². The zero-order valence-corrected chi connectivity index (χ0v) is 8.92. The Bertz CT molecular complexity index is 551. The molecule has 5 heteroatoms. The van der Waals surface area contributed by atoms with E-state index in [0.29, 0.717) is 0 Å². The Hall–Kier alpha value is -1.68. The topological polar surface area (TPSA) is 40.5 Å². The SMILES string of the molecule is O=C1OC(Cl)C(n2ccc3ccccc32)O1. The van der Waals surface area contributed by atoms with E-state index in [-0.39, 0.29) is 0 Å². The van der Waals surface area contributed by atoms with Crippen LogP contribution in [0.5, 0.6) is 0 Å². The fourth-order valence-corrected chi connectivity index (χ4v) is 2.09. The van der Waals surface area contributed by atoms with Crippen molar-refractivity contribution in [1.82, 2.24) is 4.57 Å². The minimum Gasteiger partial charge on any atom is -0.408 e. The lowest BCUT2D eigenvalue weighted by atomic mass is 10.2. The molecule has 0 N–H and O–H groups in total. The third-order valence-corrected chi connectivity index (χ3v) is 2.86. The van der Waals surface area contributed by atoms with E-state index in [1.165, 1.54) is 0 Å². The third kappa shape index (κ3) is 1.34. The molecule has 2 atom stereocenters. The summed E-state index contributed by atoms with van der Waals surface area (Å²) in [6, 6.07) is 9.71. The van der Waals surface area contributed by atoms with Gasteiger partial charge in [-0.1, -0.05) is 29.8 Å². The van der Waals surface area contributed by atoms with Gasteiger partial charge in [-0.25, -0.2) is 4.79 Å². The quantitative estimate of drug-likeness (QED) is 0.566. The van der Waals surface area contributed by atoms with Crippen LogP contribution in [0.4, 0.5) is 4.79 Å². The van der Waals surface area contributed by atoms with Crippen molar-refractivity contribution < 1.29 is 14.3 Å². The maximum absolute atomic E-state index is 11.0. The smallest absolute Gasteiger partial charge is 0.408 e. The number of carbonyl (C=O) groups excluding carboxylic acids is 1. The van der Waals surface area contributed by atoms with Crippen molar-refractivity contribution in [3.8, 4) is 0 Å². The molecule has 0 radical (unpaired) electrons. The summed E-state index contributed by atoms with van der Waals surface area (Å²) in [7, 11) is 0. The van der Waals surface area contributed by atoms with Gasteiger partial charge in [0.25, 0.3) is 0 Å². The largest absolute Gasteiger partial charge is 0.512 e. The molecule has 0 bridgehead atoms. The highest BCUT2D eigenvalue weighted by atomic mass is 35.5. The molecule has 4 nitrogen and oxygen atoms in total. The number of benzene rings is 1. The number of nitrogens with zero attached hydrogens (tertiary/aromatic N) is 1.